The number of aromatic carboxylic acids is 1. The van der Waals surface area contributed by atoms with Crippen LogP contribution in [0.15, 0.2) is 12.1 Å². The van der Waals surface area contributed by atoms with Gasteiger partial charge in [-0.15, -0.1) is 0 Å². The third-order valence-electron chi connectivity index (χ3n) is 1.34. The lowest BCUT2D eigenvalue weighted by Gasteiger charge is -2.03. The standard InChI is InChI=1S/C7H5Cl2NO2/c8-3-1-2-4(10)5(6(3)9)7(11)12/h1-2H,10H2,(H,11,12). The molecule has 0 bridgehead atoms. The molecule has 0 amide bonds. The fraction of sp³-hybridized carbons (Fsp3) is 0. The van der Waals surface area contributed by atoms with E-state index in [1.165, 1.54) is 12.1 Å². The van der Waals surface area contributed by atoms with Gasteiger partial charge in [-0.25, -0.2) is 4.79 Å². The van der Waals surface area contributed by atoms with Crippen LogP contribution in [0, 0.1) is 0 Å². The average Bonchev–Trinajstić information content (AvgIpc) is 1.97. The monoisotopic (exact) mass is 205 g/mol. The molecule has 0 aliphatic rings. The van der Waals surface area contributed by atoms with Crippen molar-refractivity contribution in [2.75, 3.05) is 5.73 Å². The molecule has 1 aromatic rings. The predicted molar refractivity (Wildman–Crippen MR) is 47.8 cm³/mol. The van der Waals surface area contributed by atoms with Crippen molar-refractivity contribution in [2.45, 2.75) is 0 Å². The number of nitrogens with two attached hydrogens (primary N) is 1. The fourth-order valence-electron chi connectivity index (χ4n) is 0.783. The quantitative estimate of drug-likeness (QED) is 0.692. The number of benzene rings is 1. The Hall–Kier alpha value is -0.930. The van der Waals surface area contributed by atoms with Crippen LogP contribution in [-0.2, 0) is 0 Å². The molecular formula is C7H5Cl2NO2. The lowest BCUT2D eigenvalue weighted by molar-refractivity contribution is 0.0698. The van der Waals surface area contributed by atoms with E-state index in [0.29, 0.717) is 0 Å². The van der Waals surface area contributed by atoms with Crippen LogP contribution in [0.2, 0.25) is 10.0 Å². The van der Waals surface area contributed by atoms with Crippen LogP contribution in [0.5, 0.6) is 0 Å². The van der Waals surface area contributed by atoms with Crippen LogP contribution in [-0.4, -0.2) is 11.1 Å². The highest BCUT2D eigenvalue weighted by Crippen LogP contribution is 2.29. The van der Waals surface area contributed by atoms with Crippen LogP contribution in [0.1, 0.15) is 10.4 Å². The van der Waals surface area contributed by atoms with E-state index in [-0.39, 0.29) is 21.3 Å². The topological polar surface area (TPSA) is 63.3 Å². The normalized spacial score (nSPS) is 9.83. The summed E-state index contributed by atoms with van der Waals surface area (Å²) < 4.78 is 0. The zero-order valence-electron chi connectivity index (χ0n) is 5.84. The van der Waals surface area contributed by atoms with Gasteiger partial charge >= 0.3 is 5.97 Å². The predicted octanol–water partition coefficient (Wildman–Crippen LogP) is 2.27. The Bertz CT molecular complexity index is 338. The second-order valence-corrected chi connectivity index (χ2v) is 2.92. The molecule has 64 valence electrons. The Morgan fingerprint density at radius 2 is 2.00 bits per heavy atom. The molecule has 0 spiro atoms. The molecule has 0 aliphatic carbocycles. The Balaban J connectivity index is 3.43. The van der Waals surface area contributed by atoms with Gasteiger partial charge in [0.1, 0.15) is 5.56 Å². The molecular weight excluding hydrogens is 201 g/mol. The van der Waals surface area contributed by atoms with Gasteiger partial charge in [-0.2, -0.15) is 0 Å². The largest absolute Gasteiger partial charge is 0.478 e. The van der Waals surface area contributed by atoms with Crippen LogP contribution in [0.3, 0.4) is 0 Å². The first kappa shape index (κ1) is 9.16. The van der Waals surface area contributed by atoms with Crippen molar-refractivity contribution in [1.29, 1.82) is 0 Å². The number of hydrogen-bond acceptors (Lipinski definition) is 2. The Kier molecular flexibility index (Phi) is 2.45. The number of hydrogen-bond donors (Lipinski definition) is 2. The van der Waals surface area contributed by atoms with E-state index >= 15 is 0 Å². The maximum Gasteiger partial charge on any atom is 0.339 e. The Morgan fingerprint density at radius 3 is 2.42 bits per heavy atom. The van der Waals surface area contributed by atoms with Crippen LogP contribution < -0.4 is 5.73 Å². The van der Waals surface area contributed by atoms with E-state index < -0.39 is 5.97 Å². The highest BCUT2D eigenvalue weighted by atomic mass is 35.5. The molecule has 0 atom stereocenters. The minimum absolute atomic E-state index is 0.0239. The second kappa shape index (κ2) is 3.21. The Labute approximate surface area is 78.7 Å². The molecule has 3 nitrogen and oxygen atoms in total. The molecule has 0 saturated carbocycles. The van der Waals surface area contributed by atoms with Crippen molar-refractivity contribution < 1.29 is 9.90 Å². The number of anilines is 1. The summed E-state index contributed by atoms with van der Waals surface area (Å²) in [5.74, 6) is -1.18. The van der Waals surface area contributed by atoms with Crippen LogP contribution in [0.4, 0.5) is 5.69 Å². The zero-order chi connectivity index (χ0) is 9.30. The Morgan fingerprint density at radius 1 is 1.42 bits per heavy atom. The number of halogens is 2. The van der Waals surface area contributed by atoms with Gasteiger partial charge in [0.15, 0.2) is 0 Å². The molecule has 0 unspecified atom stereocenters. The average molecular weight is 206 g/mol. The van der Waals surface area contributed by atoms with Gasteiger partial charge in [0.05, 0.1) is 10.0 Å². The smallest absolute Gasteiger partial charge is 0.339 e. The molecule has 0 aliphatic heterocycles. The van der Waals surface area contributed by atoms with Gasteiger partial charge in [0.2, 0.25) is 0 Å². The molecule has 0 saturated heterocycles. The molecule has 3 N–H and O–H groups in total. The summed E-state index contributed by atoms with van der Waals surface area (Å²) in [4.78, 5) is 10.6. The van der Waals surface area contributed by atoms with Gasteiger partial charge in [0.25, 0.3) is 0 Å². The number of nitrogen functional groups attached to an aromatic ring is 1. The minimum atomic E-state index is -1.18. The molecule has 0 heterocycles. The van der Waals surface area contributed by atoms with Crippen molar-refractivity contribution in [3.63, 3.8) is 0 Å². The van der Waals surface area contributed by atoms with Crippen molar-refractivity contribution in [3.8, 4) is 0 Å². The van der Waals surface area contributed by atoms with Gasteiger partial charge in [-0.1, -0.05) is 23.2 Å². The van der Waals surface area contributed by atoms with E-state index in [9.17, 15) is 4.79 Å². The van der Waals surface area contributed by atoms with Crippen molar-refractivity contribution in [1.82, 2.24) is 0 Å². The second-order valence-electron chi connectivity index (χ2n) is 2.13. The molecule has 0 aromatic heterocycles. The van der Waals surface area contributed by atoms with Gasteiger partial charge in [-0.05, 0) is 12.1 Å². The van der Waals surface area contributed by atoms with Gasteiger partial charge in [-0.3, -0.25) is 0 Å². The third-order valence-corrected chi connectivity index (χ3v) is 2.15. The number of rotatable bonds is 1. The van der Waals surface area contributed by atoms with Crippen molar-refractivity contribution >= 4 is 34.9 Å². The lowest BCUT2D eigenvalue weighted by Crippen LogP contribution is -2.03. The van der Waals surface area contributed by atoms with Gasteiger partial charge in [0, 0.05) is 5.69 Å². The summed E-state index contributed by atoms with van der Waals surface area (Å²) in [7, 11) is 0. The van der Waals surface area contributed by atoms with E-state index in [4.69, 9.17) is 34.0 Å². The maximum absolute atomic E-state index is 10.6. The van der Waals surface area contributed by atoms with Crippen molar-refractivity contribution in [2.24, 2.45) is 0 Å². The first-order valence-corrected chi connectivity index (χ1v) is 3.76. The summed E-state index contributed by atoms with van der Waals surface area (Å²) in [6.07, 6.45) is 0. The highest BCUT2D eigenvalue weighted by molar-refractivity contribution is 6.44. The molecule has 1 aromatic carbocycles. The molecule has 12 heavy (non-hydrogen) atoms. The SMILES string of the molecule is Nc1ccc(Cl)c(Cl)c1C(=O)O. The highest BCUT2D eigenvalue weighted by Gasteiger charge is 2.14. The molecule has 5 heteroatoms. The number of carboxylic acids is 1. The fourth-order valence-corrected chi connectivity index (χ4v) is 1.19. The summed E-state index contributed by atoms with van der Waals surface area (Å²) in [6.45, 7) is 0. The summed E-state index contributed by atoms with van der Waals surface area (Å²) in [5.41, 5.74) is 5.33. The minimum Gasteiger partial charge on any atom is -0.478 e. The van der Waals surface area contributed by atoms with E-state index in [0.717, 1.165) is 0 Å². The van der Waals surface area contributed by atoms with E-state index in [2.05, 4.69) is 0 Å². The van der Waals surface area contributed by atoms with Crippen LogP contribution >= 0.6 is 23.2 Å². The first-order valence-electron chi connectivity index (χ1n) is 3.01. The molecule has 0 radical (unpaired) electrons. The van der Waals surface area contributed by atoms with E-state index in [1.807, 2.05) is 0 Å². The summed E-state index contributed by atoms with van der Waals surface area (Å²) in [5, 5.41) is 8.81. The number of carbonyl (C=O) groups is 1. The third kappa shape index (κ3) is 1.47. The maximum atomic E-state index is 10.6. The zero-order valence-corrected chi connectivity index (χ0v) is 7.36. The summed E-state index contributed by atoms with van der Waals surface area (Å²) in [6, 6.07) is 2.85. The molecule has 0 fully saturated rings. The first-order chi connectivity index (χ1) is 5.54. The van der Waals surface area contributed by atoms with Gasteiger partial charge < -0.3 is 10.8 Å². The van der Waals surface area contributed by atoms with E-state index in [1.54, 1.807) is 0 Å². The lowest BCUT2D eigenvalue weighted by atomic mass is 10.2. The van der Waals surface area contributed by atoms with Crippen LogP contribution in [0.25, 0.3) is 0 Å². The van der Waals surface area contributed by atoms with Crippen molar-refractivity contribution in [3.05, 3.63) is 27.7 Å². The molecule has 1 rings (SSSR count). The number of carboxylic acid groups (broad SMARTS) is 1. The summed E-state index contributed by atoms with van der Waals surface area (Å²) >= 11 is 11.2.